The normalized spacial score (nSPS) is 23.7. The molecule has 7 heterocycles. The number of nitrogens with one attached hydrogen (secondary N) is 1. The third-order valence-corrected chi connectivity index (χ3v) is 18.4. The molecule has 2 amide bonds. The number of thiazole rings is 1. The summed E-state index contributed by atoms with van der Waals surface area (Å²) in [5.41, 5.74) is 7.39. The summed E-state index contributed by atoms with van der Waals surface area (Å²) in [6.45, 7) is 18.0. The van der Waals surface area contributed by atoms with Gasteiger partial charge >= 0.3 is 0 Å². The van der Waals surface area contributed by atoms with Gasteiger partial charge in [0.05, 0.1) is 60.9 Å². The summed E-state index contributed by atoms with van der Waals surface area (Å²) < 4.78 is 18.5. The summed E-state index contributed by atoms with van der Waals surface area (Å²) in [4.78, 5) is 58.7. The number of carbonyl (C=O) groups is 2. The molecule has 5 aliphatic rings. The second-order valence-corrected chi connectivity index (χ2v) is 25.5. The van der Waals surface area contributed by atoms with Crippen LogP contribution in [0.25, 0.3) is 27.0 Å². The van der Waals surface area contributed by atoms with Crippen molar-refractivity contribution in [1.82, 2.24) is 49.5 Å². The summed E-state index contributed by atoms with van der Waals surface area (Å²) in [6.07, 6.45) is 7.54. The van der Waals surface area contributed by atoms with Gasteiger partial charge in [-0.1, -0.05) is 80.1 Å². The molecule has 1 aliphatic carbocycles. The Morgan fingerprint density at radius 2 is 1.69 bits per heavy atom. The van der Waals surface area contributed by atoms with E-state index in [-0.39, 0.29) is 49.3 Å². The average Bonchev–Trinajstić information content (AvgIpc) is 4.24. The Morgan fingerprint density at radius 1 is 0.960 bits per heavy atom. The highest BCUT2D eigenvalue weighted by molar-refractivity contribution is 7.13. The fraction of sp³-hybridized carbons (Fsp3) is 0.534. The zero-order chi connectivity index (χ0) is 52.7. The third kappa shape index (κ3) is 9.98. The minimum absolute atomic E-state index is 0.0317. The lowest BCUT2D eigenvalue weighted by Gasteiger charge is -2.44. The van der Waals surface area contributed by atoms with E-state index in [0.717, 1.165) is 103 Å². The molecule has 11 rings (SSSR count). The molecule has 3 saturated heterocycles. The number of alkyl halides is 1. The molecular formula is C58H70ClFN10O4S. The topological polar surface area (TPSA) is 155 Å². The Bertz CT molecular complexity index is 3180. The molecule has 0 radical (unpaired) electrons. The maximum Gasteiger partial charge on any atom is 0.282 e. The Hall–Kier alpha value is -5.39. The highest BCUT2D eigenvalue weighted by atomic mass is 35.5. The lowest BCUT2D eigenvalue weighted by atomic mass is 9.80. The van der Waals surface area contributed by atoms with E-state index in [0.29, 0.717) is 28.8 Å². The van der Waals surface area contributed by atoms with Crippen LogP contribution in [0.4, 0.5) is 4.39 Å². The predicted molar refractivity (Wildman–Crippen MR) is 291 cm³/mol. The van der Waals surface area contributed by atoms with Crippen molar-refractivity contribution >= 4 is 45.7 Å². The van der Waals surface area contributed by atoms with Crippen molar-refractivity contribution in [1.29, 1.82) is 0 Å². The summed E-state index contributed by atoms with van der Waals surface area (Å²) in [5.74, 6) is 1.40. The molecule has 17 heteroatoms. The van der Waals surface area contributed by atoms with E-state index in [1.165, 1.54) is 16.0 Å². The SMILES string of the molecule is Cc1ncsc1-c1ccc([C@H](CN2CC(C)(F)C2)NC(=O)[C@@H]2C[C@@H](O)CN2C(=O)[C@@H](n2cc(C3CCC(CN4CCC(c5ccc6c(c5)-n5c(nc(=O)c7c(Cl)cccc75)C6(C)C)CC4)CC3)nn2)C(C)(C)C)cc1. The zero-order valence-corrected chi connectivity index (χ0v) is 45.8. The average molecular weight is 1060 g/mol. The molecule has 4 atom stereocenters. The number of amides is 2. The summed E-state index contributed by atoms with van der Waals surface area (Å²) >= 11 is 8.13. The fourth-order valence-electron chi connectivity index (χ4n) is 13.2. The van der Waals surface area contributed by atoms with Gasteiger partial charge in [0.15, 0.2) is 0 Å². The summed E-state index contributed by atoms with van der Waals surface area (Å²) in [7, 11) is 0. The number of β-amino-alcohol motifs (C(OH)–C–C–N with tert-alkyl or cyclic N) is 1. The molecule has 0 unspecified atom stereocenters. The van der Waals surface area contributed by atoms with Crippen molar-refractivity contribution in [3.63, 3.8) is 0 Å². The number of likely N-dealkylation sites (tertiary alicyclic amines) is 3. The number of piperidine rings is 1. The molecule has 3 aromatic carbocycles. The minimum atomic E-state index is -1.28. The molecule has 0 bridgehead atoms. The highest BCUT2D eigenvalue weighted by Crippen LogP contribution is 2.46. The Labute approximate surface area is 447 Å². The second kappa shape index (κ2) is 19.9. The van der Waals surface area contributed by atoms with Crippen molar-refractivity contribution < 1.29 is 19.1 Å². The molecule has 2 N–H and O–H groups in total. The van der Waals surface area contributed by atoms with Crippen LogP contribution in [0.5, 0.6) is 0 Å². The van der Waals surface area contributed by atoms with Crippen LogP contribution in [0.3, 0.4) is 0 Å². The van der Waals surface area contributed by atoms with Crippen LogP contribution in [0.2, 0.25) is 5.02 Å². The first-order valence-electron chi connectivity index (χ1n) is 26.9. The molecule has 6 aromatic rings. The lowest BCUT2D eigenvalue weighted by molar-refractivity contribution is -0.144. The molecule has 75 heavy (non-hydrogen) atoms. The van der Waals surface area contributed by atoms with Gasteiger partial charge < -0.3 is 20.2 Å². The molecule has 0 spiro atoms. The van der Waals surface area contributed by atoms with Crippen molar-refractivity contribution in [2.45, 2.75) is 141 Å². The number of hydrogen-bond donors (Lipinski definition) is 2. The number of aliphatic hydroxyl groups is 1. The largest absolute Gasteiger partial charge is 0.391 e. The van der Waals surface area contributed by atoms with E-state index in [1.807, 2.05) is 80.7 Å². The zero-order valence-electron chi connectivity index (χ0n) is 44.2. The van der Waals surface area contributed by atoms with Crippen molar-refractivity contribution in [3.05, 3.63) is 122 Å². The number of aryl methyl sites for hydroxylation is 1. The third-order valence-electron chi connectivity index (χ3n) is 17.1. The number of halogens is 2. The highest BCUT2D eigenvalue weighted by Gasteiger charge is 2.47. The first-order valence-corrected chi connectivity index (χ1v) is 28.2. The van der Waals surface area contributed by atoms with Gasteiger partial charge in [0.25, 0.3) is 5.56 Å². The Morgan fingerprint density at radius 3 is 2.37 bits per heavy atom. The number of carbonyl (C=O) groups excluding carboxylic acids is 2. The lowest BCUT2D eigenvalue weighted by Crippen LogP contribution is -2.59. The molecule has 4 fully saturated rings. The summed E-state index contributed by atoms with van der Waals surface area (Å²) in [5, 5.41) is 24.5. The van der Waals surface area contributed by atoms with Gasteiger partial charge in [-0.05, 0) is 137 Å². The van der Waals surface area contributed by atoms with Gasteiger partial charge in [-0.3, -0.25) is 23.9 Å². The number of aliphatic hydroxyl groups excluding tert-OH is 1. The number of nitrogens with zero attached hydrogens (tertiary/aromatic N) is 9. The monoisotopic (exact) mass is 1060 g/mol. The summed E-state index contributed by atoms with van der Waals surface area (Å²) in [6, 6.07) is 18.4. The number of hydrogen-bond acceptors (Lipinski definition) is 11. The molecule has 3 aromatic heterocycles. The van der Waals surface area contributed by atoms with Crippen molar-refractivity contribution in [3.8, 4) is 16.1 Å². The number of benzene rings is 3. The van der Waals surface area contributed by atoms with Crippen molar-refractivity contribution in [2.75, 3.05) is 45.8 Å². The molecular weight excluding hydrogens is 987 g/mol. The van der Waals surface area contributed by atoms with Crippen LogP contribution in [-0.4, -0.2) is 125 Å². The first kappa shape index (κ1) is 51.7. The van der Waals surface area contributed by atoms with Gasteiger partial charge in [0.2, 0.25) is 11.8 Å². The number of fused-ring (bicyclic) bond motifs is 5. The van der Waals surface area contributed by atoms with E-state index in [4.69, 9.17) is 16.7 Å². The Kier molecular flexibility index (Phi) is 13.7. The van der Waals surface area contributed by atoms with E-state index in [2.05, 4.69) is 62.0 Å². The quantitative estimate of drug-likeness (QED) is 0.121. The standard InChI is InChI=1S/C58H70ClFN10O4S/c1-34-50(75-33-61-34)39-17-15-37(16-18-39)44(29-67-31-58(7,60)32-67)62-52(72)48-26-41(71)28-68(48)54(74)51(56(2,3)4)69-30-45(64-65-69)38-13-11-35(12-14-38)27-66-23-21-36(22-24-66)40-19-20-42-47(25-40)70-46-10-8-9-43(59)49(46)53(73)63-55(70)57(42,5)6/h8-10,15-20,25,30,33,35-36,38,41,44,48,51,71H,11-14,21-24,26-29,31-32H2,1-7H3,(H,62,72)/t35?,38?,41-,44+,48+,51-/m1/s1. The van der Waals surface area contributed by atoms with Crippen LogP contribution >= 0.6 is 22.9 Å². The van der Waals surface area contributed by atoms with Gasteiger partial charge in [-0.15, -0.1) is 16.4 Å². The minimum Gasteiger partial charge on any atom is -0.391 e. The first-order chi connectivity index (χ1) is 35.7. The maximum absolute atomic E-state index is 14.9. The molecule has 1 saturated carbocycles. The van der Waals surface area contributed by atoms with Gasteiger partial charge in [0, 0.05) is 51.3 Å². The molecule has 396 valence electrons. The van der Waals surface area contributed by atoms with Crippen LogP contribution in [0.15, 0.2) is 77.2 Å². The predicted octanol–water partition coefficient (Wildman–Crippen LogP) is 9.31. The number of aromatic nitrogens is 6. The van der Waals surface area contributed by atoms with E-state index in [9.17, 15) is 23.9 Å². The van der Waals surface area contributed by atoms with Gasteiger partial charge in [-0.2, -0.15) is 4.98 Å². The Balaban J connectivity index is 0.712. The maximum atomic E-state index is 14.9. The van der Waals surface area contributed by atoms with E-state index < -0.39 is 40.7 Å². The molecule has 4 aliphatic heterocycles. The van der Waals surface area contributed by atoms with Crippen LogP contribution in [0, 0.1) is 18.3 Å². The van der Waals surface area contributed by atoms with Gasteiger partial charge in [-0.25, -0.2) is 14.1 Å². The van der Waals surface area contributed by atoms with Crippen LogP contribution in [-0.2, 0) is 15.0 Å². The fourth-order valence-corrected chi connectivity index (χ4v) is 14.2. The van der Waals surface area contributed by atoms with Gasteiger partial charge in [0.1, 0.15) is 23.6 Å². The number of rotatable bonds is 12. The van der Waals surface area contributed by atoms with Crippen LogP contribution in [0.1, 0.15) is 144 Å². The molecule has 14 nitrogen and oxygen atoms in total. The van der Waals surface area contributed by atoms with E-state index in [1.54, 1.807) is 29.0 Å². The van der Waals surface area contributed by atoms with Crippen LogP contribution < -0.4 is 10.9 Å². The second-order valence-electron chi connectivity index (χ2n) is 24.2. The van der Waals surface area contributed by atoms with Crippen molar-refractivity contribution in [2.24, 2.45) is 11.3 Å². The van der Waals surface area contributed by atoms with E-state index >= 15 is 0 Å². The smallest absolute Gasteiger partial charge is 0.282 e.